The Morgan fingerprint density at radius 3 is 2.28 bits per heavy atom. The van der Waals surface area contributed by atoms with Crippen molar-refractivity contribution in [3.8, 4) is 0 Å². The van der Waals surface area contributed by atoms with Gasteiger partial charge in [0.15, 0.2) is 0 Å². The van der Waals surface area contributed by atoms with E-state index in [1.807, 2.05) is 73.6 Å². The van der Waals surface area contributed by atoms with E-state index in [-0.39, 0.29) is 23.1 Å². The summed E-state index contributed by atoms with van der Waals surface area (Å²) in [4.78, 5) is 29.9. The van der Waals surface area contributed by atoms with Crippen molar-refractivity contribution in [2.75, 3.05) is 45.6 Å². The van der Waals surface area contributed by atoms with Crippen molar-refractivity contribution in [2.45, 2.75) is 26.7 Å². The molecule has 1 aliphatic heterocycles. The van der Waals surface area contributed by atoms with E-state index in [0.717, 1.165) is 17.9 Å². The minimum absolute atomic E-state index is 0.00926. The zero-order chi connectivity index (χ0) is 23.1. The van der Waals surface area contributed by atoms with Crippen molar-refractivity contribution in [3.05, 3.63) is 60.2 Å². The fraction of sp³-hybridized carbons (Fsp3) is 0.462. The monoisotopic (exact) mass is 436 g/mol. The maximum atomic E-state index is 13.2. The fourth-order valence-corrected chi connectivity index (χ4v) is 4.35. The summed E-state index contributed by atoms with van der Waals surface area (Å²) in [5.74, 6) is 0.0805. The van der Waals surface area contributed by atoms with Crippen molar-refractivity contribution in [3.63, 3.8) is 0 Å². The van der Waals surface area contributed by atoms with Gasteiger partial charge in [-0.15, -0.1) is 0 Å². The number of hydrogen-bond acceptors (Lipinski definition) is 4. The highest BCUT2D eigenvalue weighted by molar-refractivity contribution is 6.00. The number of para-hydroxylation sites is 2. The van der Waals surface area contributed by atoms with Crippen molar-refractivity contribution in [1.29, 1.82) is 0 Å². The van der Waals surface area contributed by atoms with Gasteiger partial charge in [0.2, 0.25) is 5.91 Å². The third-order valence-electron chi connectivity index (χ3n) is 5.85. The summed E-state index contributed by atoms with van der Waals surface area (Å²) in [6, 6.07) is 17.4. The van der Waals surface area contributed by atoms with Gasteiger partial charge in [-0.25, -0.2) is 0 Å². The summed E-state index contributed by atoms with van der Waals surface area (Å²) in [5, 5.41) is 6.48. The van der Waals surface area contributed by atoms with E-state index in [1.54, 1.807) is 0 Å². The van der Waals surface area contributed by atoms with Crippen LogP contribution in [0.4, 0.5) is 11.4 Å². The molecule has 0 spiro atoms. The number of benzene rings is 2. The highest BCUT2D eigenvalue weighted by Gasteiger charge is 2.29. The Hall–Kier alpha value is -2.86. The molecule has 1 fully saturated rings. The number of nitrogens with one attached hydrogen (secondary N) is 2. The fourth-order valence-electron chi connectivity index (χ4n) is 4.35. The smallest absolute Gasteiger partial charge is 0.255 e. The zero-order valence-corrected chi connectivity index (χ0v) is 19.7. The van der Waals surface area contributed by atoms with Gasteiger partial charge in [-0.2, -0.15) is 0 Å². The molecule has 1 heterocycles. The van der Waals surface area contributed by atoms with Gasteiger partial charge in [0.05, 0.1) is 11.3 Å². The second-order valence-electron chi connectivity index (χ2n) is 9.72. The Labute approximate surface area is 192 Å². The normalized spacial score (nSPS) is 15.0. The van der Waals surface area contributed by atoms with Crippen LogP contribution in [0, 0.1) is 11.3 Å². The summed E-state index contributed by atoms with van der Waals surface area (Å²) >= 11 is 0. The lowest BCUT2D eigenvalue weighted by atomic mass is 9.91. The first-order valence-electron chi connectivity index (χ1n) is 11.4. The molecule has 0 aliphatic carbocycles. The molecular formula is C26H36N4O2. The molecule has 172 valence electrons. The average Bonchev–Trinajstić information content (AvgIpc) is 2.77. The van der Waals surface area contributed by atoms with E-state index in [9.17, 15) is 9.59 Å². The number of carbonyl (C=O) groups excluding carboxylic acids is 2. The van der Waals surface area contributed by atoms with Crippen LogP contribution in [0.2, 0.25) is 0 Å². The Morgan fingerprint density at radius 2 is 1.62 bits per heavy atom. The zero-order valence-electron chi connectivity index (χ0n) is 19.7. The number of likely N-dealkylation sites (tertiary alicyclic amines) is 1. The first-order chi connectivity index (χ1) is 15.2. The molecule has 0 radical (unpaired) electrons. The number of nitrogens with zero attached hydrogens (tertiary/aromatic N) is 2. The van der Waals surface area contributed by atoms with Crippen molar-refractivity contribution < 1.29 is 9.59 Å². The van der Waals surface area contributed by atoms with E-state index >= 15 is 0 Å². The summed E-state index contributed by atoms with van der Waals surface area (Å²) in [6.45, 7) is 7.08. The van der Waals surface area contributed by atoms with E-state index in [1.165, 1.54) is 0 Å². The number of amides is 2. The number of carbonyl (C=O) groups is 2. The van der Waals surface area contributed by atoms with Crippen molar-refractivity contribution in [1.82, 2.24) is 15.1 Å². The second kappa shape index (κ2) is 10.6. The Bertz CT molecular complexity index is 903. The van der Waals surface area contributed by atoms with Crippen LogP contribution in [-0.4, -0.2) is 61.9 Å². The molecule has 1 saturated heterocycles. The van der Waals surface area contributed by atoms with Crippen LogP contribution in [0.3, 0.4) is 0 Å². The first kappa shape index (κ1) is 23.8. The van der Waals surface area contributed by atoms with Gasteiger partial charge in [-0.1, -0.05) is 44.2 Å². The molecule has 3 rings (SSSR count). The molecule has 2 N–H and O–H groups in total. The third-order valence-corrected chi connectivity index (χ3v) is 5.85. The van der Waals surface area contributed by atoms with Crippen molar-refractivity contribution in [2.24, 2.45) is 11.3 Å². The molecule has 6 nitrogen and oxygen atoms in total. The highest BCUT2D eigenvalue weighted by atomic mass is 16.2. The van der Waals surface area contributed by atoms with Crippen molar-refractivity contribution >= 4 is 23.2 Å². The Balaban J connectivity index is 1.55. The summed E-state index contributed by atoms with van der Waals surface area (Å²) in [7, 11) is 4.09. The molecule has 0 unspecified atom stereocenters. The van der Waals surface area contributed by atoms with E-state index in [2.05, 4.69) is 29.4 Å². The average molecular weight is 437 g/mol. The standard InChI is InChI=1S/C26H36N4O2/c1-26(2,19-29(3)4)18-27-24(31)20-14-16-30(17-15-20)25(32)22-12-8-9-13-23(22)28-21-10-6-5-7-11-21/h5-13,20,28H,14-19H2,1-4H3,(H,27,31). The van der Waals surface area contributed by atoms with Gasteiger partial charge in [0.25, 0.3) is 5.91 Å². The van der Waals surface area contributed by atoms with Gasteiger partial charge in [-0.3, -0.25) is 9.59 Å². The Kier molecular flexibility index (Phi) is 7.91. The quantitative estimate of drug-likeness (QED) is 0.657. The van der Waals surface area contributed by atoms with Crippen LogP contribution in [0.1, 0.15) is 37.0 Å². The van der Waals surface area contributed by atoms with E-state index in [4.69, 9.17) is 0 Å². The molecule has 32 heavy (non-hydrogen) atoms. The van der Waals surface area contributed by atoms with Crippen LogP contribution >= 0.6 is 0 Å². The number of rotatable bonds is 8. The topological polar surface area (TPSA) is 64.7 Å². The lowest BCUT2D eigenvalue weighted by molar-refractivity contribution is -0.126. The SMILES string of the molecule is CN(C)CC(C)(C)CNC(=O)C1CCN(C(=O)c2ccccc2Nc2ccccc2)CC1. The second-order valence-corrected chi connectivity index (χ2v) is 9.72. The minimum Gasteiger partial charge on any atom is -0.355 e. The van der Waals surface area contributed by atoms with Gasteiger partial charge in [-0.05, 0) is 56.6 Å². The minimum atomic E-state index is -0.0353. The predicted octanol–water partition coefficient (Wildman–Crippen LogP) is 3.99. The van der Waals surface area contributed by atoms with Gasteiger partial charge in [0.1, 0.15) is 0 Å². The molecule has 0 aromatic heterocycles. The van der Waals surface area contributed by atoms with E-state index < -0.39 is 0 Å². The molecule has 6 heteroatoms. The predicted molar refractivity (Wildman–Crippen MR) is 130 cm³/mol. The summed E-state index contributed by atoms with van der Waals surface area (Å²) < 4.78 is 0. The van der Waals surface area contributed by atoms with Gasteiger partial charge in [0, 0.05) is 37.8 Å². The maximum absolute atomic E-state index is 13.2. The number of piperidine rings is 1. The molecule has 2 aromatic carbocycles. The maximum Gasteiger partial charge on any atom is 0.255 e. The summed E-state index contributed by atoms with van der Waals surface area (Å²) in [5.41, 5.74) is 2.42. The lowest BCUT2D eigenvalue weighted by Crippen LogP contribution is -2.46. The van der Waals surface area contributed by atoms with Gasteiger partial charge >= 0.3 is 0 Å². The van der Waals surface area contributed by atoms with Crippen LogP contribution < -0.4 is 10.6 Å². The molecule has 0 bridgehead atoms. The molecule has 2 amide bonds. The molecule has 0 atom stereocenters. The number of anilines is 2. The lowest BCUT2D eigenvalue weighted by Gasteiger charge is -2.33. The Morgan fingerprint density at radius 1 is 1.00 bits per heavy atom. The first-order valence-corrected chi connectivity index (χ1v) is 11.4. The molecule has 0 saturated carbocycles. The van der Waals surface area contributed by atoms with Crippen LogP contribution in [0.5, 0.6) is 0 Å². The largest absolute Gasteiger partial charge is 0.355 e. The molecule has 2 aromatic rings. The van der Waals surface area contributed by atoms with Gasteiger partial charge < -0.3 is 20.4 Å². The number of hydrogen-bond donors (Lipinski definition) is 2. The van der Waals surface area contributed by atoms with Crippen LogP contribution in [0.15, 0.2) is 54.6 Å². The van der Waals surface area contributed by atoms with Crippen LogP contribution in [-0.2, 0) is 4.79 Å². The third kappa shape index (κ3) is 6.57. The molecular weight excluding hydrogens is 400 g/mol. The van der Waals surface area contributed by atoms with Crippen LogP contribution in [0.25, 0.3) is 0 Å². The molecule has 1 aliphatic rings. The highest BCUT2D eigenvalue weighted by Crippen LogP contribution is 2.25. The summed E-state index contributed by atoms with van der Waals surface area (Å²) in [6.07, 6.45) is 1.39. The van der Waals surface area contributed by atoms with E-state index in [0.29, 0.717) is 38.0 Å².